The van der Waals surface area contributed by atoms with E-state index in [0.717, 1.165) is 22.3 Å². The second-order valence-electron chi connectivity index (χ2n) is 10.9. The number of aliphatic hydroxyl groups is 2. The van der Waals surface area contributed by atoms with Gasteiger partial charge in [-0.25, -0.2) is 0 Å². The van der Waals surface area contributed by atoms with Crippen LogP contribution in [0.2, 0.25) is 0 Å². The average Bonchev–Trinajstić information content (AvgIpc) is 2.99. The zero-order valence-corrected chi connectivity index (χ0v) is 24.7. The highest BCUT2D eigenvalue weighted by Crippen LogP contribution is 2.38. The van der Waals surface area contributed by atoms with E-state index in [0.29, 0.717) is 25.1 Å². The van der Waals surface area contributed by atoms with Crippen LogP contribution in [0.4, 0.5) is 0 Å². The van der Waals surface area contributed by atoms with Gasteiger partial charge in [-0.3, -0.25) is 9.59 Å². The molecule has 4 N–H and O–H groups in total. The van der Waals surface area contributed by atoms with Gasteiger partial charge in [0, 0.05) is 38.5 Å². The Morgan fingerprint density at radius 2 is 1.70 bits per heavy atom. The normalized spacial score (nSPS) is 19.9. The van der Waals surface area contributed by atoms with Crippen LogP contribution in [0, 0.1) is 0 Å². The van der Waals surface area contributed by atoms with E-state index >= 15 is 0 Å². The molecule has 0 radical (unpaired) electrons. The van der Waals surface area contributed by atoms with Gasteiger partial charge in [0.25, 0.3) is 5.91 Å². The highest BCUT2D eigenvalue weighted by Gasteiger charge is 2.33. The van der Waals surface area contributed by atoms with E-state index in [9.17, 15) is 24.9 Å². The van der Waals surface area contributed by atoms with Crippen LogP contribution in [0.5, 0.6) is 5.75 Å². The van der Waals surface area contributed by atoms with Crippen LogP contribution in [0.3, 0.4) is 0 Å². The molecule has 0 saturated carbocycles. The van der Waals surface area contributed by atoms with Gasteiger partial charge in [0.05, 0.1) is 24.9 Å². The summed E-state index contributed by atoms with van der Waals surface area (Å²) in [6.07, 6.45) is -2.20. The van der Waals surface area contributed by atoms with Crippen LogP contribution in [0.1, 0.15) is 66.6 Å². The summed E-state index contributed by atoms with van der Waals surface area (Å²) in [5, 5.41) is 32.7. The van der Waals surface area contributed by atoms with Gasteiger partial charge in [-0.2, -0.15) is 0 Å². The molecule has 0 aromatic heterocycles. The van der Waals surface area contributed by atoms with Gasteiger partial charge in [-0.05, 0) is 48.4 Å². The monoisotopic (exact) mass is 592 g/mol. The van der Waals surface area contributed by atoms with Crippen molar-refractivity contribution < 1.29 is 39.1 Å². The number of hydrogen-bond acceptors (Lipinski definition) is 9. The molecule has 0 unspecified atom stereocenters. The van der Waals surface area contributed by atoms with E-state index in [-0.39, 0.29) is 37.0 Å². The van der Waals surface area contributed by atoms with Crippen molar-refractivity contribution in [2.75, 3.05) is 20.1 Å². The quantitative estimate of drug-likeness (QED) is 0.232. The Morgan fingerprint density at radius 3 is 2.35 bits per heavy atom. The molecule has 43 heavy (non-hydrogen) atoms. The van der Waals surface area contributed by atoms with E-state index in [1.165, 1.54) is 13.8 Å². The van der Waals surface area contributed by atoms with Crippen LogP contribution in [0.15, 0.2) is 72.8 Å². The van der Waals surface area contributed by atoms with Crippen molar-refractivity contribution >= 4 is 11.9 Å². The molecular weight excluding hydrogens is 552 g/mol. The summed E-state index contributed by atoms with van der Waals surface area (Å²) in [6, 6.07) is 21.8. The minimum absolute atomic E-state index is 0.0397. The minimum Gasteiger partial charge on any atom is -0.508 e. The predicted octanol–water partition coefficient (Wildman–Crippen LogP) is 3.66. The maximum absolute atomic E-state index is 12.2. The second kappa shape index (κ2) is 15.1. The molecule has 3 aromatic rings. The summed E-state index contributed by atoms with van der Waals surface area (Å²) in [6.45, 7) is 3.89. The number of benzene rings is 3. The van der Waals surface area contributed by atoms with E-state index in [4.69, 9.17) is 14.2 Å². The first-order valence-electron chi connectivity index (χ1n) is 14.3. The number of aromatic hydroxyl groups is 1. The van der Waals surface area contributed by atoms with Crippen molar-refractivity contribution in [2.24, 2.45) is 0 Å². The number of rotatable bonds is 12. The molecule has 5 atom stereocenters. The van der Waals surface area contributed by atoms with Crippen LogP contribution in [0.25, 0.3) is 0 Å². The molecule has 230 valence electrons. The van der Waals surface area contributed by atoms with Crippen molar-refractivity contribution in [3.63, 3.8) is 0 Å². The fourth-order valence-electron chi connectivity index (χ4n) is 5.02. The third kappa shape index (κ3) is 9.34. The van der Waals surface area contributed by atoms with Gasteiger partial charge < -0.3 is 39.7 Å². The predicted molar refractivity (Wildman–Crippen MR) is 159 cm³/mol. The SMILES string of the molecule is CC(=O)O[C@@H](C)C(=O)NCc1ccc([C@H]2O[C@@H](CN(C)C[C@@H](O)c3cccc(O)c3)C[C@@H](c3ccc(CO)cc3)O2)cc1. The molecule has 1 fully saturated rings. The number of aliphatic hydroxyl groups excluding tert-OH is 2. The lowest BCUT2D eigenvalue weighted by molar-refractivity contribution is -0.252. The molecule has 4 rings (SSSR count). The fourth-order valence-corrected chi connectivity index (χ4v) is 5.02. The molecular formula is C33H40N2O8. The van der Waals surface area contributed by atoms with Crippen LogP contribution in [-0.4, -0.2) is 64.4 Å². The maximum Gasteiger partial charge on any atom is 0.303 e. The average molecular weight is 593 g/mol. The summed E-state index contributed by atoms with van der Waals surface area (Å²) >= 11 is 0. The molecule has 10 nitrogen and oxygen atoms in total. The van der Waals surface area contributed by atoms with Crippen molar-refractivity contribution in [1.82, 2.24) is 10.2 Å². The summed E-state index contributed by atoms with van der Waals surface area (Å²) in [7, 11) is 1.91. The molecule has 0 bridgehead atoms. The third-order valence-corrected chi connectivity index (χ3v) is 7.30. The summed E-state index contributed by atoms with van der Waals surface area (Å²) in [5.41, 5.74) is 4.09. The largest absolute Gasteiger partial charge is 0.508 e. The Hall–Kier alpha value is -3.80. The Labute approximate surface area is 251 Å². The van der Waals surface area contributed by atoms with Crippen molar-refractivity contribution in [3.05, 3.63) is 101 Å². The van der Waals surface area contributed by atoms with E-state index in [1.807, 2.05) is 60.5 Å². The summed E-state index contributed by atoms with van der Waals surface area (Å²) in [4.78, 5) is 25.3. The Morgan fingerprint density at radius 1 is 1.02 bits per heavy atom. The first-order chi connectivity index (χ1) is 20.6. The summed E-state index contributed by atoms with van der Waals surface area (Å²) in [5.74, 6) is -0.788. The molecule has 1 aliphatic heterocycles. The minimum atomic E-state index is -0.875. The van der Waals surface area contributed by atoms with Gasteiger partial charge in [0.15, 0.2) is 12.4 Å². The zero-order chi connectivity index (χ0) is 30.9. The maximum atomic E-state index is 12.2. The van der Waals surface area contributed by atoms with Gasteiger partial charge in [-0.15, -0.1) is 0 Å². The van der Waals surface area contributed by atoms with Crippen LogP contribution in [-0.2, 0) is 37.0 Å². The van der Waals surface area contributed by atoms with Gasteiger partial charge in [0.2, 0.25) is 0 Å². The zero-order valence-electron chi connectivity index (χ0n) is 24.7. The van der Waals surface area contributed by atoms with Crippen molar-refractivity contribution in [2.45, 2.75) is 64.1 Å². The number of ether oxygens (including phenoxy) is 3. The lowest BCUT2D eigenvalue weighted by atomic mass is 9.99. The number of likely N-dealkylation sites (N-methyl/N-ethyl adjacent to an activating group) is 1. The second-order valence-corrected chi connectivity index (χ2v) is 10.9. The number of phenolic OH excluding ortho intramolecular Hbond substituents is 1. The van der Waals surface area contributed by atoms with Gasteiger partial charge in [-0.1, -0.05) is 60.7 Å². The van der Waals surface area contributed by atoms with E-state index in [2.05, 4.69) is 5.32 Å². The van der Waals surface area contributed by atoms with Crippen LogP contribution >= 0.6 is 0 Å². The lowest BCUT2D eigenvalue weighted by Gasteiger charge is -2.38. The molecule has 1 saturated heterocycles. The molecule has 0 spiro atoms. The molecule has 10 heteroatoms. The number of esters is 1. The Kier molecular flexibility index (Phi) is 11.3. The third-order valence-electron chi connectivity index (χ3n) is 7.30. The van der Waals surface area contributed by atoms with Crippen molar-refractivity contribution in [3.8, 4) is 5.75 Å². The number of hydrogen-bond donors (Lipinski definition) is 4. The number of carbonyl (C=O) groups is 2. The highest BCUT2D eigenvalue weighted by atomic mass is 16.7. The standard InChI is InChI=1S/C33H40N2O8/c1-21(41-22(2)37)32(40)34-17-23-7-13-26(14-8-23)33-42-29(16-31(43-33)25-11-9-24(20-36)10-12-25)18-35(3)19-30(39)27-5-4-6-28(38)15-27/h4-15,21,29-31,33,36,38-39H,16-20H2,1-3H3,(H,34,40)/t21-,29+,30+,31-,33-/m0/s1. The number of carbonyl (C=O) groups excluding carboxylic acids is 2. The van der Waals surface area contributed by atoms with Crippen LogP contribution < -0.4 is 5.32 Å². The summed E-state index contributed by atoms with van der Waals surface area (Å²) < 4.78 is 17.7. The number of nitrogens with one attached hydrogen (secondary N) is 1. The van der Waals surface area contributed by atoms with E-state index < -0.39 is 24.5 Å². The van der Waals surface area contributed by atoms with Gasteiger partial charge >= 0.3 is 5.97 Å². The van der Waals surface area contributed by atoms with E-state index in [1.54, 1.807) is 24.3 Å². The highest BCUT2D eigenvalue weighted by molar-refractivity contribution is 5.82. The van der Waals surface area contributed by atoms with Crippen molar-refractivity contribution in [1.29, 1.82) is 0 Å². The number of phenols is 1. The number of amides is 1. The Balaban J connectivity index is 1.44. The molecule has 3 aromatic carbocycles. The Bertz CT molecular complexity index is 1350. The molecule has 1 aliphatic rings. The molecule has 0 aliphatic carbocycles. The molecule has 1 heterocycles. The smallest absolute Gasteiger partial charge is 0.303 e. The van der Waals surface area contributed by atoms with Gasteiger partial charge in [0.1, 0.15) is 5.75 Å². The molecule has 1 amide bonds. The lowest BCUT2D eigenvalue weighted by Crippen LogP contribution is -2.39. The first-order valence-corrected chi connectivity index (χ1v) is 14.3. The number of nitrogens with zero attached hydrogens (tertiary/aromatic N) is 1. The first kappa shape index (κ1) is 32.1. The fraction of sp³-hybridized carbons (Fsp3) is 0.394. The topological polar surface area (TPSA) is 138 Å².